The number of benzene rings is 1. The van der Waals surface area contributed by atoms with Crippen LogP contribution in [0.3, 0.4) is 0 Å². The molecule has 0 amide bonds. The normalized spacial score (nSPS) is 14.8. The van der Waals surface area contributed by atoms with Gasteiger partial charge in [-0.05, 0) is 23.4 Å². The summed E-state index contributed by atoms with van der Waals surface area (Å²) >= 11 is 0. The minimum absolute atomic E-state index is 0. The van der Waals surface area contributed by atoms with Crippen molar-refractivity contribution in [2.24, 2.45) is 0 Å². The van der Waals surface area contributed by atoms with Gasteiger partial charge in [0.1, 0.15) is 0 Å². The third kappa shape index (κ3) is 3.83. The first kappa shape index (κ1) is 18.1. The molecule has 6 heteroatoms. The smallest absolute Gasteiger partial charge is 0.256 e. The summed E-state index contributed by atoms with van der Waals surface area (Å²) in [6, 6.07) is 3.36. The van der Waals surface area contributed by atoms with Crippen LogP contribution in [-0.4, -0.2) is 17.9 Å². The van der Waals surface area contributed by atoms with Crippen molar-refractivity contribution in [3.63, 3.8) is 0 Å². The van der Waals surface area contributed by atoms with Crippen molar-refractivity contribution in [2.45, 2.75) is 13.3 Å². The van der Waals surface area contributed by atoms with E-state index in [1.54, 1.807) is 6.92 Å². The molecule has 0 aromatic heterocycles. The van der Waals surface area contributed by atoms with E-state index in [1.807, 2.05) is 0 Å². The van der Waals surface area contributed by atoms with E-state index >= 15 is 0 Å². The number of allylic oxidation sites excluding steroid dienone is 3. The fraction of sp³-hybridized carbons (Fsp3) is 0.200. The number of nitrogens with zero attached hydrogens (tertiary/aromatic N) is 1. The Morgan fingerprint density at radius 3 is 2.33 bits per heavy atom. The van der Waals surface area contributed by atoms with Crippen LogP contribution in [0.25, 0.3) is 5.70 Å². The monoisotopic (exact) mass is 371 g/mol. The van der Waals surface area contributed by atoms with Gasteiger partial charge in [-0.15, -0.1) is 5.57 Å². The molecule has 0 aliphatic carbocycles. The molecule has 109 valence electrons. The molecule has 1 radical (unpaired) electrons. The molecule has 1 aliphatic rings. The summed E-state index contributed by atoms with van der Waals surface area (Å²) in [5.74, 6) is -1.65. The Hall–Kier alpha value is -0.936. The first-order chi connectivity index (χ1) is 9.41. The topological polar surface area (TPSA) is 3.24 Å². The van der Waals surface area contributed by atoms with Gasteiger partial charge in [0, 0.05) is 32.7 Å². The van der Waals surface area contributed by atoms with Gasteiger partial charge in [-0.1, -0.05) is 25.3 Å². The van der Waals surface area contributed by atoms with E-state index in [-0.39, 0.29) is 49.7 Å². The second kappa shape index (κ2) is 7.36. The van der Waals surface area contributed by atoms with Gasteiger partial charge in [-0.25, -0.2) is 17.6 Å². The van der Waals surface area contributed by atoms with E-state index in [0.717, 1.165) is 17.0 Å². The molecular formula is C15H12F4NY-. The van der Waals surface area contributed by atoms with Crippen LogP contribution in [-0.2, 0) is 32.7 Å². The van der Waals surface area contributed by atoms with E-state index < -0.39 is 24.6 Å². The Labute approximate surface area is 145 Å². The van der Waals surface area contributed by atoms with Gasteiger partial charge < -0.3 is 4.90 Å². The quantitative estimate of drug-likeness (QED) is 0.570. The summed E-state index contributed by atoms with van der Waals surface area (Å²) in [5.41, 5.74) is 0.447. The average molecular weight is 371 g/mol. The largest absolute Gasteiger partial charge is 0.369 e. The number of halogens is 4. The van der Waals surface area contributed by atoms with Crippen LogP contribution in [0.2, 0.25) is 0 Å². The Kier molecular flexibility index (Phi) is 6.35. The molecule has 0 saturated carbocycles. The molecule has 0 spiro atoms. The van der Waals surface area contributed by atoms with Crippen molar-refractivity contribution in [1.29, 1.82) is 0 Å². The predicted octanol–water partition coefficient (Wildman–Crippen LogP) is 4.15. The Balaban J connectivity index is 0.00000220. The first-order valence-electron chi connectivity index (χ1n) is 5.91. The molecule has 0 bridgehead atoms. The predicted molar refractivity (Wildman–Crippen MR) is 68.6 cm³/mol. The van der Waals surface area contributed by atoms with Gasteiger partial charge >= 0.3 is 0 Å². The number of hydrogen-bond donors (Lipinski definition) is 0. The van der Waals surface area contributed by atoms with Gasteiger partial charge in [0.15, 0.2) is 0 Å². The zero-order chi connectivity index (χ0) is 14.9. The zero-order valence-electron chi connectivity index (χ0n) is 11.3. The van der Waals surface area contributed by atoms with E-state index in [0.29, 0.717) is 5.57 Å². The minimum Gasteiger partial charge on any atom is -0.369 e. The Morgan fingerprint density at radius 1 is 1.24 bits per heavy atom. The SMILES string of the molecule is C=C1C(C)=C[C-]=C(c2c(F)cccc2F)N1CC(F)F.[Y]. The molecule has 0 unspecified atom stereocenters. The summed E-state index contributed by atoms with van der Waals surface area (Å²) in [7, 11) is 0. The van der Waals surface area contributed by atoms with Gasteiger partial charge in [0.05, 0.1) is 18.2 Å². The minimum atomic E-state index is -2.66. The van der Waals surface area contributed by atoms with Crippen molar-refractivity contribution >= 4 is 5.70 Å². The Morgan fingerprint density at radius 2 is 1.81 bits per heavy atom. The molecule has 21 heavy (non-hydrogen) atoms. The summed E-state index contributed by atoms with van der Waals surface area (Å²) in [4.78, 5) is 1.08. The number of rotatable bonds is 3. The van der Waals surface area contributed by atoms with Crippen LogP contribution in [0.4, 0.5) is 17.6 Å². The molecule has 0 N–H and O–H groups in total. The fourth-order valence-corrected chi connectivity index (χ4v) is 1.96. The molecule has 1 heterocycles. The van der Waals surface area contributed by atoms with Crippen molar-refractivity contribution in [3.05, 3.63) is 65.4 Å². The summed E-state index contributed by atoms with van der Waals surface area (Å²) < 4.78 is 53.0. The van der Waals surface area contributed by atoms with Gasteiger partial charge in [-0.3, -0.25) is 0 Å². The van der Waals surface area contributed by atoms with Crippen LogP contribution in [0.5, 0.6) is 0 Å². The summed E-state index contributed by atoms with van der Waals surface area (Å²) in [6.07, 6.45) is 1.47. The molecule has 0 atom stereocenters. The maximum atomic E-state index is 13.8. The third-order valence-electron chi connectivity index (χ3n) is 3.00. The first-order valence-corrected chi connectivity index (χ1v) is 5.91. The second-order valence-electron chi connectivity index (χ2n) is 4.37. The van der Waals surface area contributed by atoms with Crippen molar-refractivity contribution < 1.29 is 50.3 Å². The maximum absolute atomic E-state index is 13.8. The zero-order valence-corrected chi connectivity index (χ0v) is 14.2. The van der Waals surface area contributed by atoms with Crippen molar-refractivity contribution in [3.8, 4) is 0 Å². The van der Waals surface area contributed by atoms with Crippen LogP contribution < -0.4 is 0 Å². The van der Waals surface area contributed by atoms with E-state index in [4.69, 9.17) is 0 Å². The third-order valence-corrected chi connectivity index (χ3v) is 3.00. The molecule has 2 rings (SSSR count). The van der Waals surface area contributed by atoms with Gasteiger partial charge in [0.25, 0.3) is 6.43 Å². The average Bonchev–Trinajstić information content (AvgIpc) is 2.37. The number of hydrogen-bond acceptors (Lipinski definition) is 1. The van der Waals surface area contributed by atoms with Crippen LogP contribution in [0, 0.1) is 17.7 Å². The molecule has 1 aromatic rings. The Bertz CT molecular complexity index is 587. The van der Waals surface area contributed by atoms with E-state index in [9.17, 15) is 17.6 Å². The van der Waals surface area contributed by atoms with E-state index in [1.165, 1.54) is 12.1 Å². The van der Waals surface area contributed by atoms with E-state index in [2.05, 4.69) is 12.7 Å². The molecule has 1 aromatic carbocycles. The van der Waals surface area contributed by atoms with Gasteiger partial charge in [-0.2, -0.15) is 12.2 Å². The molecule has 0 saturated heterocycles. The molecular weight excluding hydrogens is 359 g/mol. The van der Waals surface area contributed by atoms with Crippen LogP contribution in [0.15, 0.2) is 42.1 Å². The second-order valence-corrected chi connectivity index (χ2v) is 4.37. The van der Waals surface area contributed by atoms with Gasteiger partial charge in [0.2, 0.25) is 0 Å². The van der Waals surface area contributed by atoms with Crippen molar-refractivity contribution in [2.75, 3.05) is 6.54 Å². The standard InChI is InChI=1S/C15H12F4N.Y/c1-9-6-7-13(20(10(9)2)8-14(18)19)15-11(16)4-3-5-12(15)17;/h3-6,14H,2,8H2,1H3;/q-1;. The summed E-state index contributed by atoms with van der Waals surface area (Å²) in [5, 5.41) is 0. The summed E-state index contributed by atoms with van der Waals surface area (Å²) in [6.45, 7) is 4.66. The molecule has 1 aliphatic heterocycles. The number of alkyl halides is 2. The molecule has 1 nitrogen and oxygen atoms in total. The van der Waals surface area contributed by atoms with Crippen LogP contribution >= 0.6 is 0 Å². The fourth-order valence-electron chi connectivity index (χ4n) is 1.96. The van der Waals surface area contributed by atoms with Crippen LogP contribution in [0.1, 0.15) is 12.5 Å². The molecule has 0 fully saturated rings. The maximum Gasteiger partial charge on any atom is 0.256 e. The van der Waals surface area contributed by atoms with Crippen molar-refractivity contribution in [1.82, 2.24) is 4.90 Å².